The molecule has 2 N–H and O–H groups in total. The standard InChI is InChI=1S/C14H15NO4/c1-9-4-5-10-8-11(12(16)3-2-6-18-15)14(17)19-13(10)7-9/h4-5,7-8H,2-3,6,15H2,1H3. The van der Waals surface area contributed by atoms with E-state index in [1.165, 1.54) is 0 Å². The summed E-state index contributed by atoms with van der Waals surface area (Å²) < 4.78 is 5.17. The first-order valence-electron chi connectivity index (χ1n) is 6.01. The van der Waals surface area contributed by atoms with E-state index in [1.807, 2.05) is 19.1 Å². The van der Waals surface area contributed by atoms with Gasteiger partial charge in [0.05, 0.1) is 6.61 Å². The molecule has 0 saturated heterocycles. The summed E-state index contributed by atoms with van der Waals surface area (Å²) in [5, 5.41) is 0.739. The smallest absolute Gasteiger partial charge is 0.347 e. The summed E-state index contributed by atoms with van der Waals surface area (Å²) in [6.45, 7) is 2.19. The molecule has 0 aliphatic rings. The highest BCUT2D eigenvalue weighted by Gasteiger charge is 2.13. The number of carbonyl (C=O) groups excluding carboxylic acids is 1. The van der Waals surface area contributed by atoms with Crippen molar-refractivity contribution >= 4 is 16.8 Å². The normalized spacial score (nSPS) is 10.8. The Morgan fingerprint density at radius 1 is 1.37 bits per heavy atom. The van der Waals surface area contributed by atoms with Gasteiger partial charge in [0.2, 0.25) is 0 Å². The minimum atomic E-state index is -0.600. The van der Waals surface area contributed by atoms with Crippen LogP contribution in [0.25, 0.3) is 11.0 Å². The molecule has 0 amide bonds. The van der Waals surface area contributed by atoms with Crippen LogP contribution >= 0.6 is 0 Å². The lowest BCUT2D eigenvalue weighted by atomic mass is 10.1. The van der Waals surface area contributed by atoms with Crippen LogP contribution in [-0.2, 0) is 4.84 Å². The van der Waals surface area contributed by atoms with Crippen LogP contribution in [0.5, 0.6) is 0 Å². The van der Waals surface area contributed by atoms with Crippen molar-refractivity contribution in [3.05, 3.63) is 45.8 Å². The van der Waals surface area contributed by atoms with Crippen molar-refractivity contribution in [3.63, 3.8) is 0 Å². The largest absolute Gasteiger partial charge is 0.422 e. The van der Waals surface area contributed by atoms with Gasteiger partial charge in [-0.05, 0) is 31.0 Å². The number of fused-ring (bicyclic) bond motifs is 1. The third kappa shape index (κ3) is 3.07. The zero-order chi connectivity index (χ0) is 13.8. The zero-order valence-corrected chi connectivity index (χ0v) is 10.6. The van der Waals surface area contributed by atoms with E-state index < -0.39 is 5.63 Å². The Bertz CT molecular complexity index is 660. The highest BCUT2D eigenvalue weighted by Crippen LogP contribution is 2.16. The monoisotopic (exact) mass is 261 g/mol. The van der Waals surface area contributed by atoms with E-state index >= 15 is 0 Å². The van der Waals surface area contributed by atoms with Crippen LogP contribution in [0.4, 0.5) is 0 Å². The molecule has 19 heavy (non-hydrogen) atoms. The van der Waals surface area contributed by atoms with Crippen molar-refractivity contribution in [1.82, 2.24) is 0 Å². The van der Waals surface area contributed by atoms with Crippen molar-refractivity contribution in [2.24, 2.45) is 5.90 Å². The second-order valence-electron chi connectivity index (χ2n) is 4.39. The lowest BCUT2D eigenvalue weighted by Crippen LogP contribution is -2.14. The van der Waals surface area contributed by atoms with Crippen LogP contribution in [0, 0.1) is 6.92 Å². The summed E-state index contributed by atoms with van der Waals surface area (Å²) in [6, 6.07) is 7.08. The lowest BCUT2D eigenvalue weighted by molar-refractivity contribution is 0.0937. The number of Topliss-reactive ketones (excluding diaryl/α,β-unsaturated/α-hetero) is 1. The number of ketones is 1. The first kappa shape index (κ1) is 13.5. The van der Waals surface area contributed by atoms with Crippen molar-refractivity contribution in [2.75, 3.05) is 6.61 Å². The summed E-state index contributed by atoms with van der Waals surface area (Å²) >= 11 is 0. The van der Waals surface area contributed by atoms with E-state index in [9.17, 15) is 9.59 Å². The predicted octanol–water partition coefficient (Wildman–Crippen LogP) is 1.95. The maximum absolute atomic E-state index is 11.9. The molecule has 5 heteroatoms. The molecule has 0 radical (unpaired) electrons. The van der Waals surface area contributed by atoms with Gasteiger partial charge in [0.1, 0.15) is 11.1 Å². The molecule has 0 spiro atoms. The fraction of sp³-hybridized carbons (Fsp3) is 0.286. The Hall–Kier alpha value is -1.98. The van der Waals surface area contributed by atoms with Crippen molar-refractivity contribution in [2.45, 2.75) is 19.8 Å². The van der Waals surface area contributed by atoms with Gasteiger partial charge in [-0.15, -0.1) is 0 Å². The van der Waals surface area contributed by atoms with Crippen LogP contribution in [-0.4, -0.2) is 12.4 Å². The van der Waals surface area contributed by atoms with E-state index in [0.29, 0.717) is 12.0 Å². The third-order valence-electron chi connectivity index (χ3n) is 2.86. The average Bonchev–Trinajstić information content (AvgIpc) is 2.38. The molecule has 0 bridgehead atoms. The molecule has 100 valence electrons. The molecule has 0 atom stereocenters. The fourth-order valence-electron chi connectivity index (χ4n) is 1.86. The van der Waals surface area contributed by atoms with Crippen LogP contribution in [0.15, 0.2) is 33.5 Å². The van der Waals surface area contributed by atoms with Crippen LogP contribution in [0.3, 0.4) is 0 Å². The quantitative estimate of drug-likeness (QED) is 0.385. The van der Waals surface area contributed by atoms with Gasteiger partial charge in [0.25, 0.3) is 0 Å². The summed E-state index contributed by atoms with van der Waals surface area (Å²) in [6.07, 6.45) is 0.681. The van der Waals surface area contributed by atoms with E-state index in [-0.39, 0.29) is 24.4 Å². The molecule has 1 aromatic heterocycles. The van der Waals surface area contributed by atoms with E-state index in [1.54, 1.807) is 12.1 Å². The second kappa shape index (κ2) is 5.77. The molecule has 1 aromatic carbocycles. The SMILES string of the molecule is Cc1ccc2cc(C(=O)CCCON)c(=O)oc2c1. The molecule has 5 nitrogen and oxygen atoms in total. The summed E-state index contributed by atoms with van der Waals surface area (Å²) in [5.41, 5.74) is 0.965. The van der Waals surface area contributed by atoms with Crippen LogP contribution < -0.4 is 11.5 Å². The van der Waals surface area contributed by atoms with Gasteiger partial charge in [0, 0.05) is 11.8 Å². The number of aryl methyl sites for hydroxylation is 1. The molecule has 0 aliphatic heterocycles. The molecule has 2 aromatic rings. The van der Waals surface area contributed by atoms with E-state index in [2.05, 4.69) is 4.84 Å². The number of rotatable bonds is 5. The minimum absolute atomic E-state index is 0.0772. The molecule has 0 fully saturated rings. The molecule has 2 rings (SSSR count). The number of hydrogen-bond donors (Lipinski definition) is 1. The minimum Gasteiger partial charge on any atom is -0.422 e. The highest BCUT2D eigenvalue weighted by atomic mass is 16.6. The van der Waals surface area contributed by atoms with E-state index in [4.69, 9.17) is 10.3 Å². The molecule has 0 unspecified atom stereocenters. The maximum atomic E-state index is 11.9. The number of nitrogens with two attached hydrogens (primary N) is 1. The van der Waals surface area contributed by atoms with Crippen LogP contribution in [0.1, 0.15) is 28.8 Å². The number of carbonyl (C=O) groups is 1. The average molecular weight is 261 g/mol. The van der Waals surface area contributed by atoms with E-state index in [0.717, 1.165) is 10.9 Å². The Kier molecular flexibility index (Phi) is 4.09. The molecular formula is C14H15NO4. The van der Waals surface area contributed by atoms with Gasteiger partial charge in [0.15, 0.2) is 5.78 Å². The molecule has 0 aliphatic carbocycles. The summed E-state index contributed by atoms with van der Waals surface area (Å²) in [5.74, 6) is 4.62. The Labute approximate surface area is 109 Å². The van der Waals surface area contributed by atoms with Gasteiger partial charge >= 0.3 is 5.63 Å². The maximum Gasteiger partial charge on any atom is 0.347 e. The Balaban J connectivity index is 2.33. The third-order valence-corrected chi connectivity index (χ3v) is 2.86. The van der Waals surface area contributed by atoms with Crippen molar-refractivity contribution in [1.29, 1.82) is 0 Å². The number of hydrogen-bond acceptors (Lipinski definition) is 5. The lowest BCUT2D eigenvalue weighted by Gasteiger charge is -2.02. The van der Waals surface area contributed by atoms with Crippen molar-refractivity contribution in [3.8, 4) is 0 Å². The molecule has 1 heterocycles. The van der Waals surface area contributed by atoms with Crippen LogP contribution in [0.2, 0.25) is 0 Å². The van der Waals surface area contributed by atoms with Gasteiger partial charge in [-0.25, -0.2) is 10.7 Å². The summed E-state index contributed by atoms with van der Waals surface area (Å²) in [7, 11) is 0. The zero-order valence-electron chi connectivity index (χ0n) is 10.6. The number of benzene rings is 1. The fourth-order valence-corrected chi connectivity index (χ4v) is 1.86. The second-order valence-corrected chi connectivity index (χ2v) is 4.39. The topological polar surface area (TPSA) is 82.5 Å². The Morgan fingerprint density at radius 2 is 2.16 bits per heavy atom. The van der Waals surface area contributed by atoms with Gasteiger partial charge in [-0.2, -0.15) is 0 Å². The predicted molar refractivity (Wildman–Crippen MR) is 70.9 cm³/mol. The molecular weight excluding hydrogens is 246 g/mol. The van der Waals surface area contributed by atoms with Gasteiger partial charge in [-0.1, -0.05) is 12.1 Å². The Morgan fingerprint density at radius 3 is 2.89 bits per heavy atom. The van der Waals surface area contributed by atoms with Gasteiger partial charge < -0.3 is 9.25 Å². The first-order chi connectivity index (χ1) is 9.11. The summed E-state index contributed by atoms with van der Waals surface area (Å²) in [4.78, 5) is 28.1. The van der Waals surface area contributed by atoms with Crippen molar-refractivity contribution < 1.29 is 14.0 Å². The highest BCUT2D eigenvalue weighted by molar-refractivity contribution is 5.98. The molecule has 0 saturated carbocycles. The van der Waals surface area contributed by atoms with Gasteiger partial charge in [-0.3, -0.25) is 4.79 Å². The first-order valence-corrected chi connectivity index (χ1v) is 6.01.